The highest BCUT2D eigenvalue weighted by Crippen LogP contribution is 2.16. The number of hydrogen-bond acceptors (Lipinski definition) is 3. The summed E-state index contributed by atoms with van der Waals surface area (Å²) in [7, 11) is 2.71. The monoisotopic (exact) mass is 340 g/mol. The molecule has 5 nitrogen and oxygen atoms in total. The quantitative estimate of drug-likeness (QED) is 0.772. The van der Waals surface area contributed by atoms with Crippen LogP contribution in [0.1, 0.15) is 15.9 Å². The second kappa shape index (κ2) is 5.16. The summed E-state index contributed by atoms with van der Waals surface area (Å²) in [5.74, 6) is -1.23. The number of benzene rings is 1. The molecule has 0 saturated heterocycles. The first kappa shape index (κ1) is 14.4. The molecule has 7 heteroatoms. The third kappa shape index (κ3) is 2.49. The van der Waals surface area contributed by atoms with Gasteiger partial charge < -0.3 is 4.57 Å². The SMILES string of the molecule is Cn1cc(C(=O)c2cc(F)cc(Br)c2)c(=O)n(C)c1=O. The number of halogens is 2. The number of carbonyl (C=O) groups excluding carboxylic acids is 1. The maximum absolute atomic E-state index is 13.3. The van der Waals surface area contributed by atoms with Gasteiger partial charge in [-0.05, 0) is 18.2 Å². The second-order valence-electron chi connectivity index (χ2n) is 4.29. The van der Waals surface area contributed by atoms with Crippen molar-refractivity contribution in [3.8, 4) is 0 Å². The summed E-state index contributed by atoms with van der Waals surface area (Å²) in [4.78, 5) is 35.8. The van der Waals surface area contributed by atoms with E-state index in [0.29, 0.717) is 4.47 Å². The molecule has 1 aromatic carbocycles. The standard InChI is InChI=1S/C13H10BrFN2O3/c1-16-6-10(12(19)17(2)13(16)20)11(18)7-3-8(14)5-9(15)4-7/h3-6H,1-2H3. The molecule has 0 aliphatic rings. The Balaban J connectivity index is 2.66. The molecule has 0 amide bonds. The number of nitrogens with zero attached hydrogens (tertiary/aromatic N) is 2. The van der Waals surface area contributed by atoms with Crippen molar-refractivity contribution in [3.63, 3.8) is 0 Å². The van der Waals surface area contributed by atoms with Gasteiger partial charge in [-0.3, -0.25) is 14.2 Å². The van der Waals surface area contributed by atoms with Crippen LogP contribution in [0.4, 0.5) is 4.39 Å². The van der Waals surface area contributed by atoms with Gasteiger partial charge in [-0.25, -0.2) is 9.18 Å². The Morgan fingerprint density at radius 1 is 1.20 bits per heavy atom. The van der Waals surface area contributed by atoms with Crippen LogP contribution in [0.3, 0.4) is 0 Å². The molecular weight excluding hydrogens is 331 g/mol. The lowest BCUT2D eigenvalue weighted by Crippen LogP contribution is -2.39. The summed E-state index contributed by atoms with van der Waals surface area (Å²) < 4.78 is 15.7. The maximum Gasteiger partial charge on any atom is 0.330 e. The van der Waals surface area contributed by atoms with Crippen LogP contribution < -0.4 is 11.2 Å². The molecule has 20 heavy (non-hydrogen) atoms. The van der Waals surface area contributed by atoms with E-state index in [1.165, 1.54) is 26.2 Å². The van der Waals surface area contributed by atoms with Crippen LogP contribution in [0.5, 0.6) is 0 Å². The summed E-state index contributed by atoms with van der Waals surface area (Å²) in [5, 5.41) is 0. The van der Waals surface area contributed by atoms with E-state index in [9.17, 15) is 18.8 Å². The van der Waals surface area contributed by atoms with Crippen LogP contribution in [0.15, 0.2) is 38.5 Å². The van der Waals surface area contributed by atoms with Gasteiger partial charge in [0.15, 0.2) is 5.78 Å². The normalized spacial score (nSPS) is 10.6. The van der Waals surface area contributed by atoms with Crippen molar-refractivity contribution in [1.29, 1.82) is 0 Å². The Labute approximate surface area is 121 Å². The van der Waals surface area contributed by atoms with Gasteiger partial charge >= 0.3 is 5.69 Å². The van der Waals surface area contributed by atoms with Crippen LogP contribution in [0.2, 0.25) is 0 Å². The lowest BCUT2D eigenvalue weighted by Gasteiger charge is -2.06. The summed E-state index contributed by atoms with van der Waals surface area (Å²) in [6.07, 6.45) is 1.16. The largest absolute Gasteiger partial charge is 0.330 e. The molecule has 1 aromatic heterocycles. The molecule has 0 saturated carbocycles. The van der Waals surface area contributed by atoms with Gasteiger partial charge in [0.1, 0.15) is 11.4 Å². The van der Waals surface area contributed by atoms with Crippen molar-refractivity contribution in [3.05, 3.63) is 66.7 Å². The van der Waals surface area contributed by atoms with E-state index < -0.39 is 22.8 Å². The number of aryl methyl sites for hydroxylation is 1. The minimum atomic E-state index is -0.710. The average molecular weight is 341 g/mol. The molecule has 2 aromatic rings. The fraction of sp³-hybridized carbons (Fsp3) is 0.154. The highest BCUT2D eigenvalue weighted by molar-refractivity contribution is 9.10. The van der Waals surface area contributed by atoms with Gasteiger partial charge in [-0.15, -0.1) is 0 Å². The lowest BCUT2D eigenvalue weighted by atomic mass is 10.1. The van der Waals surface area contributed by atoms with E-state index in [1.807, 2.05) is 0 Å². The summed E-state index contributed by atoms with van der Waals surface area (Å²) in [5.41, 5.74) is -1.40. The number of ketones is 1. The van der Waals surface area contributed by atoms with Crippen molar-refractivity contribution in [2.45, 2.75) is 0 Å². The van der Waals surface area contributed by atoms with Gasteiger partial charge in [0, 0.05) is 30.3 Å². The predicted molar refractivity (Wildman–Crippen MR) is 74.5 cm³/mol. The molecule has 0 atom stereocenters. The molecular formula is C13H10BrFN2O3. The Morgan fingerprint density at radius 3 is 2.45 bits per heavy atom. The van der Waals surface area contributed by atoms with E-state index in [2.05, 4.69) is 15.9 Å². The van der Waals surface area contributed by atoms with E-state index in [-0.39, 0.29) is 11.1 Å². The van der Waals surface area contributed by atoms with Crippen molar-refractivity contribution >= 4 is 21.7 Å². The average Bonchev–Trinajstić information content (AvgIpc) is 2.38. The summed E-state index contributed by atoms with van der Waals surface area (Å²) in [6.45, 7) is 0. The third-order valence-corrected chi connectivity index (χ3v) is 3.27. The fourth-order valence-corrected chi connectivity index (χ4v) is 2.27. The van der Waals surface area contributed by atoms with Crippen LogP contribution in [0.25, 0.3) is 0 Å². The molecule has 0 spiro atoms. The zero-order valence-electron chi connectivity index (χ0n) is 10.7. The van der Waals surface area contributed by atoms with E-state index in [1.54, 1.807) is 0 Å². The molecule has 0 unspecified atom stereocenters. The molecule has 0 aliphatic carbocycles. The van der Waals surface area contributed by atoms with E-state index in [4.69, 9.17) is 0 Å². The molecule has 1 heterocycles. The van der Waals surface area contributed by atoms with Gasteiger partial charge in [0.05, 0.1) is 0 Å². The minimum Gasteiger partial charge on any atom is -0.303 e. The lowest BCUT2D eigenvalue weighted by molar-refractivity contribution is 0.103. The first-order valence-electron chi connectivity index (χ1n) is 5.58. The minimum absolute atomic E-state index is 0.0348. The summed E-state index contributed by atoms with van der Waals surface area (Å²) in [6, 6.07) is 3.66. The Hall–Kier alpha value is -2.02. The van der Waals surface area contributed by atoms with Crippen molar-refractivity contribution in [2.24, 2.45) is 14.1 Å². The fourth-order valence-electron chi connectivity index (χ4n) is 1.80. The number of hydrogen-bond donors (Lipinski definition) is 0. The Bertz CT molecular complexity index is 803. The number of rotatable bonds is 2. The predicted octanol–water partition coefficient (Wildman–Crippen LogP) is 1.22. The first-order chi connectivity index (χ1) is 9.31. The zero-order valence-corrected chi connectivity index (χ0v) is 12.3. The van der Waals surface area contributed by atoms with Crippen LogP contribution in [-0.4, -0.2) is 14.9 Å². The van der Waals surface area contributed by atoms with E-state index >= 15 is 0 Å². The Kier molecular flexibility index (Phi) is 3.71. The van der Waals surface area contributed by atoms with Crippen LogP contribution >= 0.6 is 15.9 Å². The van der Waals surface area contributed by atoms with Gasteiger partial charge in [0.25, 0.3) is 5.56 Å². The maximum atomic E-state index is 13.3. The summed E-state index contributed by atoms with van der Waals surface area (Å²) >= 11 is 3.08. The third-order valence-electron chi connectivity index (χ3n) is 2.82. The van der Waals surface area contributed by atoms with Crippen LogP contribution in [0, 0.1) is 5.82 Å². The molecule has 0 fully saturated rings. The van der Waals surface area contributed by atoms with E-state index in [0.717, 1.165) is 21.4 Å². The molecule has 0 N–H and O–H groups in total. The number of aromatic nitrogens is 2. The highest BCUT2D eigenvalue weighted by Gasteiger charge is 2.17. The Morgan fingerprint density at radius 2 is 1.85 bits per heavy atom. The van der Waals surface area contributed by atoms with Crippen molar-refractivity contribution in [2.75, 3.05) is 0 Å². The zero-order chi connectivity index (χ0) is 15.0. The smallest absolute Gasteiger partial charge is 0.303 e. The molecule has 0 bridgehead atoms. The van der Waals surface area contributed by atoms with Gasteiger partial charge in [-0.2, -0.15) is 0 Å². The topological polar surface area (TPSA) is 61.1 Å². The van der Waals surface area contributed by atoms with Crippen LogP contribution in [-0.2, 0) is 14.1 Å². The van der Waals surface area contributed by atoms with Gasteiger partial charge in [0.2, 0.25) is 0 Å². The van der Waals surface area contributed by atoms with Crippen molar-refractivity contribution < 1.29 is 9.18 Å². The first-order valence-corrected chi connectivity index (χ1v) is 6.38. The highest BCUT2D eigenvalue weighted by atomic mass is 79.9. The molecule has 0 radical (unpaired) electrons. The van der Waals surface area contributed by atoms with Gasteiger partial charge in [-0.1, -0.05) is 15.9 Å². The second-order valence-corrected chi connectivity index (χ2v) is 5.20. The number of carbonyl (C=O) groups is 1. The molecule has 2 rings (SSSR count). The molecule has 104 valence electrons. The molecule has 0 aliphatic heterocycles. The van der Waals surface area contributed by atoms with Crippen molar-refractivity contribution in [1.82, 2.24) is 9.13 Å².